The predicted octanol–water partition coefficient (Wildman–Crippen LogP) is 2.77. The Morgan fingerprint density at radius 2 is 1.96 bits per heavy atom. The Labute approximate surface area is 151 Å². The number of methoxy groups -OCH3 is 1. The summed E-state index contributed by atoms with van der Waals surface area (Å²) in [5.74, 6) is -0.192. The van der Waals surface area contributed by atoms with Crippen LogP contribution in [0, 0.1) is 11.7 Å². The van der Waals surface area contributed by atoms with E-state index < -0.39 is 15.8 Å². The quantitative estimate of drug-likeness (QED) is 0.795. The van der Waals surface area contributed by atoms with Gasteiger partial charge in [-0.25, -0.2) is 12.8 Å². The van der Waals surface area contributed by atoms with Gasteiger partial charge in [-0.2, -0.15) is 4.31 Å². The molecule has 1 aromatic rings. The Kier molecular flexibility index (Phi) is 7.28. The molecule has 0 aromatic heterocycles. The van der Waals surface area contributed by atoms with E-state index in [-0.39, 0.29) is 33.6 Å². The molecule has 1 fully saturated rings. The van der Waals surface area contributed by atoms with Crippen molar-refractivity contribution >= 4 is 38.4 Å². The van der Waals surface area contributed by atoms with Gasteiger partial charge >= 0.3 is 0 Å². The van der Waals surface area contributed by atoms with Crippen molar-refractivity contribution in [1.29, 1.82) is 0 Å². The van der Waals surface area contributed by atoms with E-state index in [0.717, 1.165) is 6.07 Å². The third kappa shape index (κ3) is 4.36. The lowest BCUT2D eigenvalue weighted by molar-refractivity contribution is 0.250. The molecule has 0 saturated carbocycles. The molecule has 1 aliphatic heterocycles. The Balaban J connectivity index is 0.00000264. The van der Waals surface area contributed by atoms with E-state index >= 15 is 0 Å². The van der Waals surface area contributed by atoms with Gasteiger partial charge in [-0.15, -0.1) is 12.4 Å². The topological polar surface area (TPSA) is 72.6 Å². The lowest BCUT2D eigenvalue weighted by Crippen LogP contribution is -2.42. The van der Waals surface area contributed by atoms with Crippen molar-refractivity contribution < 1.29 is 17.5 Å². The molecule has 1 saturated heterocycles. The van der Waals surface area contributed by atoms with E-state index in [4.69, 9.17) is 10.5 Å². The van der Waals surface area contributed by atoms with Gasteiger partial charge in [-0.05, 0) is 53.7 Å². The van der Waals surface area contributed by atoms with E-state index in [1.807, 2.05) is 6.92 Å². The average Bonchev–Trinajstić information content (AvgIpc) is 2.49. The SMILES string of the molecule is COc1cc(Br)c(F)cc1S(=O)(=O)N1CCC(C(C)N)CC1.Cl. The summed E-state index contributed by atoms with van der Waals surface area (Å²) in [4.78, 5) is -0.144. The largest absolute Gasteiger partial charge is 0.495 e. The first kappa shape index (κ1) is 20.6. The van der Waals surface area contributed by atoms with Crippen molar-refractivity contribution in [2.24, 2.45) is 11.7 Å². The molecule has 0 bridgehead atoms. The smallest absolute Gasteiger partial charge is 0.246 e. The summed E-state index contributed by atoms with van der Waals surface area (Å²) in [6.07, 6.45) is 1.41. The van der Waals surface area contributed by atoms with Crippen LogP contribution in [0.2, 0.25) is 0 Å². The number of benzene rings is 1. The summed E-state index contributed by atoms with van der Waals surface area (Å²) >= 11 is 3.03. The molecule has 1 unspecified atom stereocenters. The Hall–Kier alpha value is -0.410. The van der Waals surface area contributed by atoms with Crippen LogP contribution >= 0.6 is 28.3 Å². The summed E-state index contributed by atoms with van der Waals surface area (Å²) in [5, 5.41) is 0. The van der Waals surface area contributed by atoms with Gasteiger partial charge in [0.1, 0.15) is 16.5 Å². The second-order valence-corrected chi connectivity index (χ2v) is 8.28. The summed E-state index contributed by atoms with van der Waals surface area (Å²) in [6.45, 7) is 2.70. The van der Waals surface area contributed by atoms with Gasteiger partial charge in [-0.1, -0.05) is 0 Å². The van der Waals surface area contributed by atoms with Crippen molar-refractivity contribution in [3.05, 3.63) is 22.4 Å². The van der Waals surface area contributed by atoms with Crippen LogP contribution in [0.3, 0.4) is 0 Å². The zero-order chi connectivity index (χ0) is 16.5. The third-order valence-electron chi connectivity index (χ3n) is 4.07. The number of hydrogen-bond acceptors (Lipinski definition) is 4. The number of rotatable bonds is 4. The molecule has 0 aliphatic carbocycles. The van der Waals surface area contributed by atoms with Crippen LogP contribution in [0.25, 0.3) is 0 Å². The standard InChI is InChI=1S/C14H20BrFN2O3S.ClH/c1-9(17)10-3-5-18(6-4-10)22(19,20)14-8-12(16)11(15)7-13(14)21-2;/h7-10H,3-6,17H2,1-2H3;1H. The van der Waals surface area contributed by atoms with Gasteiger partial charge in [0, 0.05) is 19.1 Å². The molecule has 1 aliphatic rings. The molecular formula is C14H21BrClFN2O3S. The maximum Gasteiger partial charge on any atom is 0.246 e. The number of halogens is 3. The Morgan fingerprint density at radius 1 is 1.39 bits per heavy atom. The summed E-state index contributed by atoms with van der Waals surface area (Å²) in [7, 11) is -2.42. The normalized spacial score (nSPS) is 18.3. The predicted molar refractivity (Wildman–Crippen MR) is 93.0 cm³/mol. The van der Waals surface area contributed by atoms with Crippen molar-refractivity contribution in [2.45, 2.75) is 30.7 Å². The highest BCUT2D eigenvalue weighted by Crippen LogP contribution is 2.33. The van der Waals surface area contributed by atoms with Gasteiger partial charge in [0.05, 0.1) is 11.6 Å². The van der Waals surface area contributed by atoms with Crippen LogP contribution in [-0.2, 0) is 10.0 Å². The second kappa shape index (κ2) is 8.11. The number of piperidine rings is 1. The van der Waals surface area contributed by atoms with E-state index in [9.17, 15) is 12.8 Å². The van der Waals surface area contributed by atoms with Crippen molar-refractivity contribution in [3.63, 3.8) is 0 Å². The van der Waals surface area contributed by atoms with E-state index in [2.05, 4.69) is 15.9 Å². The van der Waals surface area contributed by atoms with E-state index in [1.54, 1.807) is 0 Å². The monoisotopic (exact) mass is 430 g/mol. The van der Waals surface area contributed by atoms with E-state index in [0.29, 0.717) is 31.8 Å². The maximum absolute atomic E-state index is 13.8. The molecule has 132 valence electrons. The van der Waals surface area contributed by atoms with Crippen LogP contribution in [0.4, 0.5) is 4.39 Å². The van der Waals surface area contributed by atoms with Crippen LogP contribution in [0.5, 0.6) is 5.75 Å². The second-order valence-electron chi connectivity index (χ2n) is 5.52. The first-order chi connectivity index (χ1) is 10.3. The van der Waals surface area contributed by atoms with Gasteiger partial charge in [-0.3, -0.25) is 0 Å². The van der Waals surface area contributed by atoms with Crippen molar-refractivity contribution in [1.82, 2.24) is 4.31 Å². The maximum atomic E-state index is 13.8. The molecular weight excluding hydrogens is 411 g/mol. The highest BCUT2D eigenvalue weighted by atomic mass is 79.9. The van der Waals surface area contributed by atoms with Gasteiger partial charge in [0.2, 0.25) is 10.0 Å². The number of nitrogens with zero attached hydrogens (tertiary/aromatic N) is 1. The molecule has 2 N–H and O–H groups in total. The lowest BCUT2D eigenvalue weighted by atomic mass is 9.92. The number of nitrogens with two attached hydrogens (primary N) is 1. The molecule has 2 rings (SSSR count). The van der Waals surface area contributed by atoms with Crippen LogP contribution in [0.15, 0.2) is 21.5 Å². The molecule has 0 spiro atoms. The van der Waals surface area contributed by atoms with E-state index in [1.165, 1.54) is 17.5 Å². The summed E-state index contributed by atoms with van der Waals surface area (Å²) in [6, 6.07) is 2.37. The van der Waals surface area contributed by atoms with Crippen LogP contribution in [-0.4, -0.2) is 39.0 Å². The summed E-state index contributed by atoms with van der Waals surface area (Å²) in [5.41, 5.74) is 5.87. The van der Waals surface area contributed by atoms with Crippen molar-refractivity contribution in [2.75, 3.05) is 20.2 Å². The zero-order valence-corrected chi connectivity index (χ0v) is 16.2. The average molecular weight is 432 g/mol. The van der Waals surface area contributed by atoms with Crippen molar-refractivity contribution in [3.8, 4) is 5.75 Å². The molecule has 0 amide bonds. The Bertz CT molecular complexity index is 650. The summed E-state index contributed by atoms with van der Waals surface area (Å²) < 4.78 is 45.9. The van der Waals surface area contributed by atoms with Gasteiger partial charge in [0.25, 0.3) is 0 Å². The fraction of sp³-hybridized carbons (Fsp3) is 0.571. The van der Waals surface area contributed by atoms with Crippen LogP contribution in [0.1, 0.15) is 19.8 Å². The molecule has 23 heavy (non-hydrogen) atoms. The molecule has 1 atom stereocenters. The lowest BCUT2D eigenvalue weighted by Gasteiger charge is -2.33. The van der Waals surface area contributed by atoms with Crippen LogP contribution < -0.4 is 10.5 Å². The number of sulfonamides is 1. The minimum atomic E-state index is -3.79. The third-order valence-corrected chi connectivity index (χ3v) is 6.59. The van der Waals surface area contributed by atoms with Gasteiger partial charge in [0.15, 0.2) is 0 Å². The molecule has 9 heteroatoms. The molecule has 1 heterocycles. The molecule has 0 radical (unpaired) electrons. The molecule has 1 aromatic carbocycles. The van der Waals surface area contributed by atoms with Gasteiger partial charge < -0.3 is 10.5 Å². The highest BCUT2D eigenvalue weighted by Gasteiger charge is 2.33. The zero-order valence-electron chi connectivity index (χ0n) is 13.0. The highest BCUT2D eigenvalue weighted by molar-refractivity contribution is 9.10. The Morgan fingerprint density at radius 3 is 2.43 bits per heavy atom. The fourth-order valence-corrected chi connectivity index (χ4v) is 4.59. The minimum Gasteiger partial charge on any atom is -0.495 e. The number of ether oxygens (including phenoxy) is 1. The fourth-order valence-electron chi connectivity index (χ4n) is 2.65. The molecule has 5 nitrogen and oxygen atoms in total. The minimum absolute atomic E-state index is 0. The number of hydrogen-bond donors (Lipinski definition) is 1. The first-order valence-electron chi connectivity index (χ1n) is 7.06. The first-order valence-corrected chi connectivity index (χ1v) is 9.29.